The fourth-order valence-electron chi connectivity index (χ4n) is 2.49. The van der Waals surface area contributed by atoms with Gasteiger partial charge in [0.25, 0.3) is 0 Å². The molecule has 1 atom stereocenters. The maximum atomic E-state index is 11.3. The first-order valence-electron chi connectivity index (χ1n) is 7.12. The number of nitrogens with one attached hydrogen (secondary N) is 1. The first kappa shape index (κ1) is 15.8. The summed E-state index contributed by atoms with van der Waals surface area (Å²) in [7, 11) is 0. The molecule has 1 saturated heterocycles. The largest absolute Gasteiger partial charge is 0.480 e. The van der Waals surface area contributed by atoms with Crippen molar-refractivity contribution in [2.45, 2.75) is 6.04 Å². The van der Waals surface area contributed by atoms with Gasteiger partial charge in [0.2, 0.25) is 0 Å². The van der Waals surface area contributed by atoms with Crippen LogP contribution in [0.15, 0.2) is 27.8 Å². The molecule has 9 heteroatoms. The number of amidine groups is 1. The number of aliphatic carboxylic acids is 1. The van der Waals surface area contributed by atoms with E-state index in [0.29, 0.717) is 36.8 Å². The number of ether oxygens (including phenoxy) is 1. The van der Waals surface area contributed by atoms with Crippen LogP contribution in [0.4, 0.5) is 0 Å². The van der Waals surface area contributed by atoms with Crippen LogP contribution in [0.2, 0.25) is 0 Å². The molecule has 3 rings (SSSR count). The highest BCUT2D eigenvalue weighted by Gasteiger charge is 2.31. The van der Waals surface area contributed by atoms with E-state index in [-0.39, 0.29) is 13.2 Å². The Bertz CT molecular complexity index is 656. The molecule has 1 aromatic rings. The topological polar surface area (TPSA) is 104 Å². The van der Waals surface area contributed by atoms with Crippen molar-refractivity contribution in [2.75, 3.05) is 32.8 Å². The second kappa shape index (κ2) is 6.99. The average molecular weight is 336 g/mol. The number of aliphatic imine (C=N–C) groups is 1. The van der Waals surface area contributed by atoms with E-state index in [2.05, 4.69) is 15.3 Å². The van der Waals surface area contributed by atoms with Crippen LogP contribution < -0.4 is 5.32 Å². The van der Waals surface area contributed by atoms with Gasteiger partial charge in [0, 0.05) is 35.9 Å². The van der Waals surface area contributed by atoms with Gasteiger partial charge in [0.15, 0.2) is 10.8 Å². The van der Waals surface area contributed by atoms with Crippen molar-refractivity contribution in [2.24, 2.45) is 4.99 Å². The van der Waals surface area contributed by atoms with E-state index in [1.54, 1.807) is 11.1 Å². The van der Waals surface area contributed by atoms with Crippen LogP contribution in [-0.2, 0) is 14.3 Å². The lowest BCUT2D eigenvalue weighted by molar-refractivity contribution is -0.149. The van der Waals surface area contributed by atoms with Crippen LogP contribution in [0.3, 0.4) is 0 Å². The van der Waals surface area contributed by atoms with E-state index in [1.165, 1.54) is 11.3 Å². The first-order chi connectivity index (χ1) is 11.2. The molecule has 3 heterocycles. The fraction of sp³-hybridized carbons (Fsp3) is 0.429. The number of thiazole rings is 1. The number of carbonyl (C=O) groups excluding carboxylic acids is 1. The van der Waals surface area contributed by atoms with Crippen molar-refractivity contribution in [1.82, 2.24) is 15.2 Å². The van der Waals surface area contributed by atoms with E-state index >= 15 is 0 Å². The van der Waals surface area contributed by atoms with Crippen molar-refractivity contribution in [3.63, 3.8) is 0 Å². The Morgan fingerprint density at radius 2 is 2.48 bits per heavy atom. The predicted octanol–water partition coefficient (Wildman–Crippen LogP) is -0.269. The lowest BCUT2D eigenvalue weighted by atomic mass is 10.1. The molecule has 0 saturated carbocycles. The van der Waals surface area contributed by atoms with Crippen LogP contribution in [0.5, 0.6) is 0 Å². The van der Waals surface area contributed by atoms with Gasteiger partial charge in [-0.15, -0.1) is 11.3 Å². The number of carbonyl (C=O) groups is 2. The molecule has 0 radical (unpaired) electrons. The molecule has 122 valence electrons. The molecule has 2 N–H and O–H groups in total. The molecule has 23 heavy (non-hydrogen) atoms. The van der Waals surface area contributed by atoms with E-state index < -0.39 is 12.0 Å². The monoisotopic (exact) mass is 336 g/mol. The summed E-state index contributed by atoms with van der Waals surface area (Å²) in [6.07, 6.45) is 2.45. The van der Waals surface area contributed by atoms with Crippen LogP contribution in [0.1, 0.15) is 5.01 Å². The van der Waals surface area contributed by atoms with Crippen molar-refractivity contribution in [1.29, 1.82) is 0 Å². The van der Waals surface area contributed by atoms with E-state index in [4.69, 9.17) is 4.74 Å². The van der Waals surface area contributed by atoms with Gasteiger partial charge in [-0.1, -0.05) is 0 Å². The number of hydrogen-bond donors (Lipinski definition) is 2. The lowest BCUT2D eigenvalue weighted by Crippen LogP contribution is -2.52. The molecule has 0 spiro atoms. The quantitative estimate of drug-likeness (QED) is 0.713. The number of aromatic nitrogens is 1. The second-order valence-corrected chi connectivity index (χ2v) is 6.04. The van der Waals surface area contributed by atoms with E-state index in [1.807, 2.05) is 5.38 Å². The smallest absolute Gasteiger partial charge is 0.323 e. The fourth-order valence-corrected chi connectivity index (χ4v) is 3.09. The summed E-state index contributed by atoms with van der Waals surface area (Å²) in [5, 5.41) is 15.0. The number of carboxylic acids is 1. The predicted molar refractivity (Wildman–Crippen MR) is 83.6 cm³/mol. The summed E-state index contributed by atoms with van der Waals surface area (Å²) in [6.45, 7) is 1.72. The standard InChI is InChI=1S/C14H16N4O4S/c19-7-9-5-16-12(13-15-1-4-23-13)17-10(9)6-18-2-3-22-8-11(18)14(20)21/h1,4,7,11H,2-3,5-6,8H2,(H,16,17)(H,20,21). The first-order valence-corrected chi connectivity index (χ1v) is 8.00. The van der Waals surface area contributed by atoms with Crippen molar-refractivity contribution < 1.29 is 19.4 Å². The van der Waals surface area contributed by atoms with Crippen LogP contribution in [0, 0.1) is 0 Å². The summed E-state index contributed by atoms with van der Waals surface area (Å²) in [5.41, 5.74) is 1.20. The molecule has 2 aliphatic heterocycles. The Kier molecular flexibility index (Phi) is 4.79. The molecule has 2 aliphatic rings. The molecule has 1 aromatic heterocycles. The third-order valence-corrected chi connectivity index (χ3v) is 4.51. The Morgan fingerprint density at radius 3 is 3.17 bits per heavy atom. The minimum Gasteiger partial charge on any atom is -0.480 e. The number of aldehydes is 1. The summed E-state index contributed by atoms with van der Waals surface area (Å²) in [5.74, 6) is -0.316. The summed E-state index contributed by atoms with van der Waals surface area (Å²) < 4.78 is 5.24. The Morgan fingerprint density at radius 1 is 1.61 bits per heavy atom. The third kappa shape index (κ3) is 3.46. The molecule has 0 aromatic carbocycles. The second-order valence-electron chi connectivity index (χ2n) is 5.15. The van der Waals surface area contributed by atoms with Crippen LogP contribution >= 0.6 is 11.3 Å². The van der Waals surface area contributed by atoms with Crippen LogP contribution in [0.25, 0.3) is 0 Å². The van der Waals surface area contributed by atoms with Gasteiger partial charge in [-0.3, -0.25) is 19.5 Å². The van der Waals surface area contributed by atoms with E-state index in [0.717, 1.165) is 11.3 Å². The Hall–Kier alpha value is -2.10. The third-order valence-electron chi connectivity index (χ3n) is 3.73. The van der Waals surface area contributed by atoms with Crippen molar-refractivity contribution in [3.8, 4) is 0 Å². The highest BCUT2D eigenvalue weighted by Crippen LogP contribution is 2.16. The summed E-state index contributed by atoms with van der Waals surface area (Å²) in [4.78, 5) is 33.0. The van der Waals surface area contributed by atoms with Gasteiger partial charge in [-0.2, -0.15) is 0 Å². The molecular weight excluding hydrogens is 320 g/mol. The minimum absolute atomic E-state index is 0.145. The molecule has 0 amide bonds. The summed E-state index contributed by atoms with van der Waals surface area (Å²) >= 11 is 1.45. The number of morpholine rings is 1. The Balaban J connectivity index is 1.77. The van der Waals surface area contributed by atoms with Gasteiger partial charge in [0.1, 0.15) is 12.3 Å². The van der Waals surface area contributed by atoms with Gasteiger partial charge in [0.05, 0.1) is 19.8 Å². The van der Waals surface area contributed by atoms with Gasteiger partial charge in [-0.25, -0.2) is 4.98 Å². The normalized spacial score (nSPS) is 22.4. The lowest BCUT2D eigenvalue weighted by Gasteiger charge is -2.34. The van der Waals surface area contributed by atoms with Crippen molar-refractivity contribution in [3.05, 3.63) is 27.9 Å². The van der Waals surface area contributed by atoms with Gasteiger partial charge >= 0.3 is 5.97 Å². The number of hydrogen-bond acceptors (Lipinski definition) is 8. The highest BCUT2D eigenvalue weighted by molar-refractivity contribution is 7.11. The van der Waals surface area contributed by atoms with E-state index in [9.17, 15) is 14.7 Å². The highest BCUT2D eigenvalue weighted by atomic mass is 32.1. The molecule has 0 aliphatic carbocycles. The molecule has 1 unspecified atom stereocenters. The molecule has 8 nitrogen and oxygen atoms in total. The molecule has 1 fully saturated rings. The number of carboxylic acid groups (broad SMARTS) is 1. The summed E-state index contributed by atoms with van der Waals surface area (Å²) in [6, 6.07) is -0.715. The van der Waals surface area contributed by atoms with Crippen LogP contribution in [-0.4, -0.2) is 72.0 Å². The van der Waals surface area contributed by atoms with Gasteiger partial charge in [-0.05, 0) is 0 Å². The molecule has 0 bridgehead atoms. The van der Waals surface area contributed by atoms with Crippen molar-refractivity contribution >= 4 is 29.4 Å². The SMILES string of the molecule is O=CC1=C(CN2CCOCC2C(=O)O)NC(c2nccs2)=NC1. The number of nitrogens with zero attached hydrogens (tertiary/aromatic N) is 3. The Labute approximate surface area is 136 Å². The zero-order valence-electron chi connectivity index (χ0n) is 12.3. The maximum absolute atomic E-state index is 11.3. The zero-order valence-corrected chi connectivity index (χ0v) is 13.1. The minimum atomic E-state index is -0.928. The molecular formula is C14H16N4O4S. The zero-order chi connectivity index (χ0) is 16.2. The average Bonchev–Trinajstić information content (AvgIpc) is 3.09. The maximum Gasteiger partial charge on any atom is 0.323 e. The van der Waals surface area contributed by atoms with Gasteiger partial charge < -0.3 is 15.2 Å². The number of rotatable bonds is 5.